The predicted octanol–water partition coefficient (Wildman–Crippen LogP) is 4.26. The second kappa shape index (κ2) is 9.48. The van der Waals surface area contributed by atoms with Crippen molar-refractivity contribution in [3.05, 3.63) is 47.3 Å². The molecule has 4 heterocycles. The van der Waals surface area contributed by atoms with Gasteiger partial charge in [0.05, 0.1) is 17.6 Å². The van der Waals surface area contributed by atoms with Crippen LogP contribution in [0.4, 0.5) is 27.7 Å². The van der Waals surface area contributed by atoms with Crippen LogP contribution >= 0.6 is 0 Å². The highest BCUT2D eigenvalue weighted by molar-refractivity contribution is 5.98. The number of carbonyl (C=O) groups is 1. The number of carbonyl (C=O) groups excluding carboxylic acids is 1. The lowest BCUT2D eigenvalue weighted by molar-refractivity contribution is -0.119. The van der Waals surface area contributed by atoms with Crippen molar-refractivity contribution in [2.24, 2.45) is 0 Å². The molecule has 0 radical (unpaired) electrons. The average Bonchev–Trinajstić information content (AvgIpc) is 3.69. The van der Waals surface area contributed by atoms with E-state index in [1.807, 2.05) is 4.90 Å². The number of nitrogens with one attached hydrogen (secondary N) is 2. The van der Waals surface area contributed by atoms with Crippen molar-refractivity contribution >= 4 is 29.2 Å². The number of halogens is 1. The molecule has 9 nitrogen and oxygen atoms in total. The highest BCUT2D eigenvalue weighted by Crippen LogP contribution is 2.36. The SMILES string of the molecule is CN(C(=O)C1CCCN1c1nc2c(c(Nc3cc(C4CCCC4)[nH]n3)n1)CCC2)c1ccc(F)nc1. The number of rotatable bonds is 6. The minimum Gasteiger partial charge on any atom is -0.329 e. The molecule has 6 rings (SSSR count). The average molecular weight is 491 g/mol. The molecule has 3 aromatic rings. The highest BCUT2D eigenvalue weighted by atomic mass is 19.1. The van der Waals surface area contributed by atoms with Gasteiger partial charge in [-0.15, -0.1) is 0 Å². The number of H-pyrrole nitrogens is 1. The summed E-state index contributed by atoms with van der Waals surface area (Å²) in [5, 5.41) is 11.2. The van der Waals surface area contributed by atoms with Gasteiger partial charge in [-0.05, 0) is 57.1 Å². The zero-order chi connectivity index (χ0) is 24.6. The maximum absolute atomic E-state index is 13.4. The Hall–Kier alpha value is -3.56. The number of hydrogen-bond acceptors (Lipinski definition) is 7. The van der Waals surface area contributed by atoms with E-state index in [1.54, 1.807) is 13.1 Å². The van der Waals surface area contributed by atoms with E-state index in [0.717, 1.165) is 48.6 Å². The van der Waals surface area contributed by atoms with Gasteiger partial charge in [0.15, 0.2) is 5.82 Å². The van der Waals surface area contributed by atoms with Gasteiger partial charge >= 0.3 is 0 Å². The molecule has 1 amide bonds. The zero-order valence-electron chi connectivity index (χ0n) is 20.5. The predicted molar refractivity (Wildman–Crippen MR) is 135 cm³/mol. The summed E-state index contributed by atoms with van der Waals surface area (Å²) in [5.74, 6) is 2.05. The lowest BCUT2D eigenvalue weighted by Crippen LogP contribution is -2.45. The fourth-order valence-corrected chi connectivity index (χ4v) is 5.80. The van der Waals surface area contributed by atoms with Gasteiger partial charge in [0.1, 0.15) is 11.9 Å². The summed E-state index contributed by atoms with van der Waals surface area (Å²) in [6.45, 7) is 0.707. The molecule has 2 fully saturated rings. The third-order valence-electron chi connectivity index (χ3n) is 7.78. The van der Waals surface area contributed by atoms with Crippen LogP contribution in [-0.2, 0) is 17.6 Å². The van der Waals surface area contributed by atoms with Gasteiger partial charge in [-0.2, -0.15) is 14.5 Å². The minimum atomic E-state index is -0.569. The quantitative estimate of drug-likeness (QED) is 0.498. The fraction of sp³-hybridized carbons (Fsp3) is 0.500. The van der Waals surface area contributed by atoms with E-state index >= 15 is 0 Å². The van der Waals surface area contributed by atoms with Gasteiger partial charge < -0.3 is 15.1 Å². The Bertz CT molecular complexity index is 1250. The molecular weight excluding hydrogens is 459 g/mol. The molecule has 0 spiro atoms. The Morgan fingerprint density at radius 3 is 2.81 bits per heavy atom. The number of anilines is 4. The summed E-state index contributed by atoms with van der Waals surface area (Å²) >= 11 is 0. The van der Waals surface area contributed by atoms with Crippen LogP contribution in [0.15, 0.2) is 24.4 Å². The van der Waals surface area contributed by atoms with Gasteiger partial charge in [0.25, 0.3) is 0 Å². The van der Waals surface area contributed by atoms with Crippen LogP contribution in [-0.4, -0.2) is 50.7 Å². The molecule has 10 heteroatoms. The minimum absolute atomic E-state index is 0.0759. The molecule has 1 saturated heterocycles. The topological polar surface area (TPSA) is 103 Å². The molecule has 36 heavy (non-hydrogen) atoms. The van der Waals surface area contributed by atoms with Crippen molar-refractivity contribution < 1.29 is 9.18 Å². The highest BCUT2D eigenvalue weighted by Gasteiger charge is 2.36. The van der Waals surface area contributed by atoms with Crippen LogP contribution < -0.4 is 15.1 Å². The lowest BCUT2D eigenvalue weighted by Gasteiger charge is -2.28. The Morgan fingerprint density at radius 2 is 2.00 bits per heavy atom. The monoisotopic (exact) mass is 490 g/mol. The number of pyridine rings is 1. The molecular formula is C26H31FN8O. The molecule has 3 aliphatic rings. The third kappa shape index (κ3) is 4.29. The summed E-state index contributed by atoms with van der Waals surface area (Å²) in [7, 11) is 1.70. The fourth-order valence-electron chi connectivity index (χ4n) is 5.80. The second-order valence-corrected chi connectivity index (χ2v) is 10.1. The molecule has 1 atom stereocenters. The van der Waals surface area contributed by atoms with Crippen molar-refractivity contribution in [2.75, 3.05) is 28.7 Å². The van der Waals surface area contributed by atoms with E-state index in [9.17, 15) is 9.18 Å². The number of aryl methyl sites for hydroxylation is 1. The van der Waals surface area contributed by atoms with Crippen LogP contribution in [0.25, 0.3) is 0 Å². The number of nitrogens with zero attached hydrogens (tertiary/aromatic N) is 6. The van der Waals surface area contributed by atoms with Gasteiger partial charge in [-0.3, -0.25) is 9.89 Å². The van der Waals surface area contributed by atoms with Crippen LogP contribution in [0.5, 0.6) is 0 Å². The smallest absolute Gasteiger partial charge is 0.249 e. The van der Waals surface area contributed by atoms with Crippen molar-refractivity contribution in [3.8, 4) is 0 Å². The van der Waals surface area contributed by atoms with E-state index < -0.39 is 5.95 Å². The first-order chi connectivity index (χ1) is 17.6. The number of amides is 1. The van der Waals surface area contributed by atoms with Gasteiger partial charge in [0, 0.05) is 36.8 Å². The van der Waals surface area contributed by atoms with E-state index in [0.29, 0.717) is 30.5 Å². The third-order valence-corrected chi connectivity index (χ3v) is 7.78. The standard InChI is InChI=1S/C26H31FN8O/c1-34(17-11-12-22(27)28-15-17)25(36)21-10-5-13-35(21)26-29-19-9-4-8-18(19)24(31-26)30-23-14-20(32-33-23)16-6-2-3-7-16/h11-12,14-16,21H,2-10,13H2,1H3,(H2,29,30,31,32,33). The Balaban J connectivity index is 1.26. The first-order valence-electron chi connectivity index (χ1n) is 12.9. The maximum Gasteiger partial charge on any atom is 0.249 e. The summed E-state index contributed by atoms with van der Waals surface area (Å²) in [6.07, 6.45) is 10.8. The van der Waals surface area contributed by atoms with Crippen LogP contribution in [0, 0.1) is 5.95 Å². The van der Waals surface area contributed by atoms with Crippen molar-refractivity contribution in [1.29, 1.82) is 0 Å². The number of likely N-dealkylation sites (N-methyl/N-ethyl adjacent to an activating group) is 1. The molecule has 1 unspecified atom stereocenters. The van der Waals surface area contributed by atoms with Crippen LogP contribution in [0.3, 0.4) is 0 Å². The maximum atomic E-state index is 13.4. The van der Waals surface area contributed by atoms with Crippen molar-refractivity contribution in [2.45, 2.75) is 69.7 Å². The number of fused-ring (bicyclic) bond motifs is 1. The molecule has 3 aromatic heterocycles. The molecule has 2 aliphatic carbocycles. The van der Waals surface area contributed by atoms with Crippen molar-refractivity contribution in [1.82, 2.24) is 25.1 Å². The van der Waals surface area contributed by atoms with Gasteiger partial charge in [-0.1, -0.05) is 12.8 Å². The van der Waals surface area contributed by atoms with E-state index in [1.165, 1.54) is 48.5 Å². The molecule has 1 saturated carbocycles. The van der Waals surface area contributed by atoms with Gasteiger partial charge in [-0.25, -0.2) is 9.97 Å². The Labute approximate surface area is 209 Å². The van der Waals surface area contributed by atoms with Gasteiger partial charge in [0.2, 0.25) is 17.8 Å². The summed E-state index contributed by atoms with van der Waals surface area (Å²) in [5.41, 5.74) is 3.93. The Morgan fingerprint density at radius 1 is 1.14 bits per heavy atom. The number of aromatic amines is 1. The van der Waals surface area contributed by atoms with E-state index in [2.05, 4.69) is 26.6 Å². The molecule has 188 valence electrons. The normalized spacial score (nSPS) is 19.6. The molecule has 2 N–H and O–H groups in total. The summed E-state index contributed by atoms with van der Waals surface area (Å²) < 4.78 is 13.3. The molecule has 0 bridgehead atoms. The van der Waals surface area contributed by atoms with E-state index in [4.69, 9.17) is 9.97 Å². The first kappa shape index (κ1) is 22.9. The van der Waals surface area contributed by atoms with Crippen LogP contribution in [0.1, 0.15) is 67.8 Å². The summed E-state index contributed by atoms with van der Waals surface area (Å²) in [6, 6.07) is 4.55. The molecule has 0 aromatic carbocycles. The van der Waals surface area contributed by atoms with E-state index in [-0.39, 0.29) is 11.9 Å². The zero-order valence-corrected chi connectivity index (χ0v) is 20.5. The molecule has 1 aliphatic heterocycles. The van der Waals surface area contributed by atoms with Crippen molar-refractivity contribution in [3.63, 3.8) is 0 Å². The largest absolute Gasteiger partial charge is 0.329 e. The van der Waals surface area contributed by atoms with Crippen LogP contribution in [0.2, 0.25) is 0 Å². The Kier molecular flexibility index (Phi) is 6.02. The first-order valence-corrected chi connectivity index (χ1v) is 12.9. The number of aromatic nitrogens is 5. The number of hydrogen-bond donors (Lipinski definition) is 2. The second-order valence-electron chi connectivity index (χ2n) is 10.1. The lowest BCUT2D eigenvalue weighted by atomic mass is 10.0. The summed E-state index contributed by atoms with van der Waals surface area (Å²) in [4.78, 5) is 30.5.